The molecule has 0 bridgehead atoms. The second-order valence-electron chi connectivity index (χ2n) is 4.11. The van der Waals surface area contributed by atoms with E-state index in [0.29, 0.717) is 6.54 Å². The Morgan fingerprint density at radius 1 is 1.29 bits per heavy atom. The predicted molar refractivity (Wildman–Crippen MR) is 69.0 cm³/mol. The summed E-state index contributed by atoms with van der Waals surface area (Å²) >= 11 is 0. The molecule has 1 heterocycles. The molecule has 0 radical (unpaired) electrons. The molecule has 2 N–H and O–H groups in total. The predicted octanol–water partition coefficient (Wildman–Crippen LogP) is 2.22. The number of hydrogen-bond donors (Lipinski definition) is 1. The molecule has 0 saturated carbocycles. The first-order valence-electron chi connectivity index (χ1n) is 6.10. The second-order valence-corrected chi connectivity index (χ2v) is 4.11. The summed E-state index contributed by atoms with van der Waals surface area (Å²) in [5.41, 5.74) is 6.55. The van der Waals surface area contributed by atoms with Crippen LogP contribution < -0.4 is 10.5 Å². The van der Waals surface area contributed by atoms with E-state index in [0.717, 1.165) is 37.4 Å². The standard InChI is InChI=1S/C14H19NO2/c15-9-3-5-12-4-1-2-6-14(12)17-13-7-10-16-11-8-13/h1-6,13H,7-11,15H2/b5-3+. The van der Waals surface area contributed by atoms with Crippen LogP contribution in [-0.2, 0) is 4.74 Å². The molecule has 1 aliphatic rings. The third-order valence-electron chi connectivity index (χ3n) is 2.81. The Hall–Kier alpha value is -1.32. The molecule has 17 heavy (non-hydrogen) atoms. The molecule has 0 spiro atoms. The molecular weight excluding hydrogens is 214 g/mol. The van der Waals surface area contributed by atoms with Crippen LogP contribution in [0.5, 0.6) is 5.75 Å². The zero-order chi connectivity index (χ0) is 11.9. The van der Waals surface area contributed by atoms with Gasteiger partial charge in [0.25, 0.3) is 0 Å². The molecule has 1 aromatic rings. The van der Waals surface area contributed by atoms with Crippen molar-refractivity contribution >= 4 is 6.08 Å². The van der Waals surface area contributed by atoms with Crippen LogP contribution in [0.2, 0.25) is 0 Å². The number of nitrogens with two attached hydrogens (primary N) is 1. The van der Waals surface area contributed by atoms with E-state index in [4.69, 9.17) is 15.2 Å². The normalized spacial score (nSPS) is 17.5. The van der Waals surface area contributed by atoms with Gasteiger partial charge in [0, 0.05) is 24.9 Å². The summed E-state index contributed by atoms with van der Waals surface area (Å²) in [6.45, 7) is 2.14. The highest BCUT2D eigenvalue weighted by Gasteiger charge is 2.15. The lowest BCUT2D eigenvalue weighted by Crippen LogP contribution is -2.26. The Morgan fingerprint density at radius 3 is 2.82 bits per heavy atom. The van der Waals surface area contributed by atoms with E-state index in [-0.39, 0.29) is 6.10 Å². The second kappa shape index (κ2) is 6.42. The van der Waals surface area contributed by atoms with Crippen LogP contribution in [0, 0.1) is 0 Å². The third kappa shape index (κ3) is 3.58. The van der Waals surface area contributed by atoms with Gasteiger partial charge in [0.05, 0.1) is 13.2 Å². The molecule has 1 saturated heterocycles. The van der Waals surface area contributed by atoms with Crippen LogP contribution in [0.1, 0.15) is 18.4 Å². The Labute approximate surface area is 102 Å². The van der Waals surface area contributed by atoms with Crippen LogP contribution in [0.15, 0.2) is 30.3 Å². The fraction of sp³-hybridized carbons (Fsp3) is 0.429. The molecule has 0 aliphatic carbocycles. The fourth-order valence-corrected chi connectivity index (χ4v) is 1.89. The summed E-state index contributed by atoms with van der Waals surface area (Å²) in [4.78, 5) is 0. The van der Waals surface area contributed by atoms with E-state index in [1.807, 2.05) is 36.4 Å². The lowest BCUT2D eigenvalue weighted by molar-refractivity contribution is 0.0255. The maximum atomic E-state index is 6.01. The van der Waals surface area contributed by atoms with Gasteiger partial charge in [0.1, 0.15) is 11.9 Å². The first-order chi connectivity index (χ1) is 8.40. The average molecular weight is 233 g/mol. The monoisotopic (exact) mass is 233 g/mol. The minimum atomic E-state index is 0.274. The van der Waals surface area contributed by atoms with Gasteiger partial charge < -0.3 is 15.2 Å². The average Bonchev–Trinajstić information content (AvgIpc) is 2.39. The first kappa shape index (κ1) is 12.1. The molecule has 0 aromatic heterocycles. The Bertz CT molecular complexity index is 370. The van der Waals surface area contributed by atoms with Crippen molar-refractivity contribution in [1.82, 2.24) is 0 Å². The Balaban J connectivity index is 2.05. The SMILES string of the molecule is NC/C=C/c1ccccc1OC1CCOCC1. The number of benzene rings is 1. The maximum Gasteiger partial charge on any atom is 0.126 e. The van der Waals surface area contributed by atoms with E-state index in [1.54, 1.807) is 0 Å². The van der Waals surface area contributed by atoms with Crippen molar-refractivity contribution in [3.05, 3.63) is 35.9 Å². The molecule has 92 valence electrons. The van der Waals surface area contributed by atoms with Crippen molar-refractivity contribution in [2.24, 2.45) is 5.73 Å². The van der Waals surface area contributed by atoms with Crippen LogP contribution >= 0.6 is 0 Å². The van der Waals surface area contributed by atoms with Crippen molar-refractivity contribution in [3.63, 3.8) is 0 Å². The molecule has 3 nitrogen and oxygen atoms in total. The van der Waals surface area contributed by atoms with Crippen LogP contribution in [0.4, 0.5) is 0 Å². The third-order valence-corrected chi connectivity index (χ3v) is 2.81. The zero-order valence-electron chi connectivity index (χ0n) is 9.97. The smallest absolute Gasteiger partial charge is 0.126 e. The Kier molecular flexibility index (Phi) is 4.59. The molecule has 1 aromatic carbocycles. The quantitative estimate of drug-likeness (QED) is 0.867. The van der Waals surface area contributed by atoms with Gasteiger partial charge in [-0.15, -0.1) is 0 Å². The van der Waals surface area contributed by atoms with Crippen molar-refractivity contribution in [1.29, 1.82) is 0 Å². The maximum absolute atomic E-state index is 6.01. The molecule has 3 heteroatoms. The van der Waals surface area contributed by atoms with Gasteiger partial charge in [0.2, 0.25) is 0 Å². The van der Waals surface area contributed by atoms with Gasteiger partial charge in [-0.1, -0.05) is 30.4 Å². The van der Waals surface area contributed by atoms with E-state index >= 15 is 0 Å². The van der Waals surface area contributed by atoms with Crippen molar-refractivity contribution < 1.29 is 9.47 Å². The lowest BCUT2D eigenvalue weighted by atomic mass is 10.1. The van der Waals surface area contributed by atoms with Gasteiger partial charge in [-0.25, -0.2) is 0 Å². The molecule has 0 amide bonds. The van der Waals surface area contributed by atoms with Gasteiger partial charge in [-0.2, -0.15) is 0 Å². The van der Waals surface area contributed by atoms with Crippen LogP contribution in [-0.4, -0.2) is 25.9 Å². The van der Waals surface area contributed by atoms with Crippen molar-refractivity contribution in [2.45, 2.75) is 18.9 Å². The van der Waals surface area contributed by atoms with Crippen molar-refractivity contribution in [2.75, 3.05) is 19.8 Å². The Morgan fingerprint density at radius 2 is 2.06 bits per heavy atom. The molecule has 0 unspecified atom stereocenters. The summed E-state index contributed by atoms with van der Waals surface area (Å²) in [6.07, 6.45) is 6.15. The van der Waals surface area contributed by atoms with E-state index in [9.17, 15) is 0 Å². The highest BCUT2D eigenvalue weighted by Crippen LogP contribution is 2.23. The minimum Gasteiger partial charge on any atom is -0.490 e. The fourth-order valence-electron chi connectivity index (χ4n) is 1.89. The summed E-state index contributed by atoms with van der Waals surface area (Å²) in [5, 5.41) is 0. The summed E-state index contributed by atoms with van der Waals surface area (Å²) in [6, 6.07) is 8.05. The summed E-state index contributed by atoms with van der Waals surface area (Å²) < 4.78 is 11.3. The zero-order valence-corrected chi connectivity index (χ0v) is 9.97. The molecule has 1 fully saturated rings. The highest BCUT2D eigenvalue weighted by atomic mass is 16.5. The van der Waals surface area contributed by atoms with Gasteiger partial charge in [-0.05, 0) is 6.07 Å². The summed E-state index contributed by atoms with van der Waals surface area (Å²) in [7, 11) is 0. The first-order valence-corrected chi connectivity index (χ1v) is 6.10. The number of hydrogen-bond acceptors (Lipinski definition) is 3. The van der Waals surface area contributed by atoms with Crippen LogP contribution in [0.3, 0.4) is 0 Å². The van der Waals surface area contributed by atoms with E-state index in [1.165, 1.54) is 0 Å². The van der Waals surface area contributed by atoms with Gasteiger partial charge >= 0.3 is 0 Å². The van der Waals surface area contributed by atoms with Crippen molar-refractivity contribution in [3.8, 4) is 5.75 Å². The van der Waals surface area contributed by atoms with E-state index in [2.05, 4.69) is 0 Å². The molecular formula is C14H19NO2. The summed E-state index contributed by atoms with van der Waals surface area (Å²) in [5.74, 6) is 0.934. The molecule has 1 aliphatic heterocycles. The largest absolute Gasteiger partial charge is 0.490 e. The minimum absolute atomic E-state index is 0.274. The lowest BCUT2D eigenvalue weighted by Gasteiger charge is -2.24. The number of rotatable bonds is 4. The number of para-hydroxylation sites is 1. The van der Waals surface area contributed by atoms with Crippen LogP contribution in [0.25, 0.3) is 6.08 Å². The van der Waals surface area contributed by atoms with Gasteiger partial charge in [-0.3, -0.25) is 0 Å². The molecule has 0 atom stereocenters. The number of ether oxygens (including phenoxy) is 2. The topological polar surface area (TPSA) is 44.5 Å². The molecule has 2 rings (SSSR count). The van der Waals surface area contributed by atoms with E-state index < -0.39 is 0 Å². The highest BCUT2D eigenvalue weighted by molar-refractivity contribution is 5.57. The van der Waals surface area contributed by atoms with Gasteiger partial charge in [0.15, 0.2) is 0 Å².